The summed E-state index contributed by atoms with van der Waals surface area (Å²) in [4.78, 5) is 8.48. The van der Waals surface area contributed by atoms with E-state index in [0.29, 0.717) is 23.6 Å². The summed E-state index contributed by atoms with van der Waals surface area (Å²) in [5.41, 5.74) is 6.69. The van der Waals surface area contributed by atoms with Gasteiger partial charge >= 0.3 is 0 Å². The highest BCUT2D eigenvalue weighted by atomic mass is 16.5. The molecule has 1 aromatic rings. The zero-order valence-corrected chi connectivity index (χ0v) is 10.7. The van der Waals surface area contributed by atoms with Gasteiger partial charge in [0.25, 0.3) is 0 Å². The Morgan fingerprint density at radius 1 is 1.06 bits per heavy atom. The smallest absolute Gasteiger partial charge is 0.222 e. The number of aromatic nitrogens is 2. The molecule has 0 spiro atoms. The van der Waals surface area contributed by atoms with Crippen molar-refractivity contribution in [2.24, 2.45) is 0 Å². The van der Waals surface area contributed by atoms with Gasteiger partial charge in [-0.15, -0.1) is 0 Å². The summed E-state index contributed by atoms with van der Waals surface area (Å²) in [5, 5.41) is 0. The predicted molar refractivity (Wildman–Crippen MR) is 68.0 cm³/mol. The minimum Gasteiger partial charge on any atom is -0.474 e. The average molecular weight is 235 g/mol. The van der Waals surface area contributed by atoms with Crippen LogP contribution >= 0.6 is 0 Å². The summed E-state index contributed by atoms with van der Waals surface area (Å²) in [7, 11) is 0. The van der Waals surface area contributed by atoms with Crippen LogP contribution in [0.3, 0.4) is 0 Å². The van der Waals surface area contributed by atoms with E-state index in [-0.39, 0.29) is 0 Å². The second-order valence-electron chi connectivity index (χ2n) is 4.82. The first-order chi connectivity index (χ1) is 8.16. The quantitative estimate of drug-likeness (QED) is 0.801. The summed E-state index contributed by atoms with van der Waals surface area (Å²) >= 11 is 0. The van der Waals surface area contributed by atoms with Crippen LogP contribution in [0.5, 0.6) is 5.88 Å². The third-order valence-electron chi connectivity index (χ3n) is 3.33. The Kier molecular flexibility index (Phi) is 3.82. The van der Waals surface area contributed by atoms with Gasteiger partial charge in [0, 0.05) is 0 Å². The van der Waals surface area contributed by atoms with Gasteiger partial charge in [-0.3, -0.25) is 0 Å². The number of aryl methyl sites for hydroxylation is 1. The Labute approximate surface area is 103 Å². The van der Waals surface area contributed by atoms with Crippen molar-refractivity contribution in [3.8, 4) is 5.88 Å². The Balaban J connectivity index is 2.11. The first kappa shape index (κ1) is 12.1. The van der Waals surface area contributed by atoms with Gasteiger partial charge in [0.1, 0.15) is 17.7 Å². The van der Waals surface area contributed by atoms with E-state index in [1.54, 1.807) is 0 Å². The maximum atomic E-state index is 6.00. The first-order valence-corrected chi connectivity index (χ1v) is 6.44. The van der Waals surface area contributed by atoms with E-state index in [0.717, 1.165) is 18.4 Å². The highest BCUT2D eigenvalue weighted by Gasteiger charge is 2.16. The lowest BCUT2D eigenvalue weighted by Gasteiger charge is -2.18. The number of hydrogen-bond donors (Lipinski definition) is 1. The molecule has 0 unspecified atom stereocenters. The van der Waals surface area contributed by atoms with Crippen molar-refractivity contribution < 1.29 is 4.74 Å². The highest BCUT2D eigenvalue weighted by Crippen LogP contribution is 2.25. The molecule has 17 heavy (non-hydrogen) atoms. The van der Waals surface area contributed by atoms with E-state index in [1.165, 1.54) is 25.7 Å². The van der Waals surface area contributed by atoms with Gasteiger partial charge in [0.15, 0.2) is 0 Å². The van der Waals surface area contributed by atoms with Gasteiger partial charge in [-0.25, -0.2) is 4.98 Å². The van der Waals surface area contributed by atoms with Crippen LogP contribution in [0.1, 0.15) is 49.9 Å². The van der Waals surface area contributed by atoms with Crippen molar-refractivity contribution in [1.29, 1.82) is 0 Å². The molecule has 0 aliphatic heterocycles. The monoisotopic (exact) mass is 235 g/mol. The maximum absolute atomic E-state index is 6.00. The van der Waals surface area contributed by atoms with Gasteiger partial charge in [-0.1, -0.05) is 12.8 Å². The fourth-order valence-corrected chi connectivity index (χ4v) is 2.26. The number of nitrogens with zero attached hydrogens (tertiary/aromatic N) is 2. The molecule has 0 saturated heterocycles. The number of nitrogen functional groups attached to an aromatic ring is 1. The van der Waals surface area contributed by atoms with Gasteiger partial charge in [-0.2, -0.15) is 4.98 Å². The molecule has 1 aliphatic carbocycles. The van der Waals surface area contributed by atoms with Crippen molar-refractivity contribution in [3.05, 3.63) is 11.4 Å². The summed E-state index contributed by atoms with van der Waals surface area (Å²) < 4.78 is 6.00. The van der Waals surface area contributed by atoms with Crippen LogP contribution in [0.15, 0.2) is 0 Å². The van der Waals surface area contributed by atoms with Crippen molar-refractivity contribution in [3.63, 3.8) is 0 Å². The van der Waals surface area contributed by atoms with Crippen LogP contribution in [0.25, 0.3) is 0 Å². The molecule has 2 N–H and O–H groups in total. The number of anilines is 1. The second kappa shape index (κ2) is 5.34. The minimum absolute atomic E-state index is 0.296. The Bertz CT molecular complexity index is 384. The van der Waals surface area contributed by atoms with Crippen LogP contribution in [-0.4, -0.2) is 16.1 Å². The highest BCUT2D eigenvalue weighted by molar-refractivity contribution is 5.44. The standard InChI is InChI=1S/C13H21N3O/c1-9-12(14)15-10(2)16-13(9)17-11-7-5-3-4-6-8-11/h11H,3-8H2,1-2H3,(H2,14,15,16). The van der Waals surface area contributed by atoms with E-state index >= 15 is 0 Å². The SMILES string of the molecule is Cc1nc(N)c(C)c(OC2CCCCCC2)n1. The molecule has 0 radical (unpaired) electrons. The van der Waals surface area contributed by atoms with E-state index in [1.807, 2.05) is 13.8 Å². The van der Waals surface area contributed by atoms with Gasteiger partial charge < -0.3 is 10.5 Å². The Morgan fingerprint density at radius 3 is 2.35 bits per heavy atom. The van der Waals surface area contributed by atoms with Gasteiger partial charge in [0.2, 0.25) is 5.88 Å². The summed E-state index contributed by atoms with van der Waals surface area (Å²) in [5.74, 6) is 1.87. The summed E-state index contributed by atoms with van der Waals surface area (Å²) in [6.07, 6.45) is 7.70. The molecular weight excluding hydrogens is 214 g/mol. The fourth-order valence-electron chi connectivity index (χ4n) is 2.26. The molecule has 2 rings (SSSR count). The van der Waals surface area contributed by atoms with Crippen molar-refractivity contribution in [2.75, 3.05) is 5.73 Å². The van der Waals surface area contributed by atoms with Crippen molar-refractivity contribution in [1.82, 2.24) is 9.97 Å². The van der Waals surface area contributed by atoms with Crippen LogP contribution in [0.2, 0.25) is 0 Å². The molecule has 1 aliphatic rings. The van der Waals surface area contributed by atoms with Crippen LogP contribution in [0.4, 0.5) is 5.82 Å². The number of nitrogens with two attached hydrogens (primary N) is 1. The molecule has 1 fully saturated rings. The average Bonchev–Trinajstić information content (AvgIpc) is 2.54. The molecule has 0 bridgehead atoms. The second-order valence-corrected chi connectivity index (χ2v) is 4.82. The van der Waals surface area contributed by atoms with Crippen LogP contribution in [0, 0.1) is 13.8 Å². The maximum Gasteiger partial charge on any atom is 0.222 e. The molecule has 4 nitrogen and oxygen atoms in total. The molecule has 0 atom stereocenters. The fraction of sp³-hybridized carbons (Fsp3) is 0.692. The third kappa shape index (κ3) is 3.08. The Hall–Kier alpha value is -1.32. The minimum atomic E-state index is 0.296. The topological polar surface area (TPSA) is 61.0 Å². The zero-order valence-electron chi connectivity index (χ0n) is 10.7. The zero-order chi connectivity index (χ0) is 12.3. The lowest BCUT2D eigenvalue weighted by molar-refractivity contribution is 0.174. The molecule has 1 heterocycles. The Morgan fingerprint density at radius 2 is 1.71 bits per heavy atom. The van der Waals surface area contributed by atoms with E-state index in [2.05, 4.69) is 9.97 Å². The van der Waals surface area contributed by atoms with E-state index < -0.39 is 0 Å². The van der Waals surface area contributed by atoms with E-state index in [9.17, 15) is 0 Å². The van der Waals surface area contributed by atoms with Crippen LogP contribution in [-0.2, 0) is 0 Å². The molecule has 0 aromatic carbocycles. The molecule has 1 saturated carbocycles. The van der Waals surface area contributed by atoms with Gasteiger partial charge in [-0.05, 0) is 39.5 Å². The molecule has 0 amide bonds. The molecular formula is C13H21N3O. The normalized spacial score (nSPS) is 17.8. The lowest BCUT2D eigenvalue weighted by Crippen LogP contribution is -2.17. The number of rotatable bonds is 2. The van der Waals surface area contributed by atoms with E-state index in [4.69, 9.17) is 10.5 Å². The molecule has 94 valence electrons. The first-order valence-electron chi connectivity index (χ1n) is 6.44. The summed E-state index contributed by atoms with van der Waals surface area (Å²) in [6, 6.07) is 0. The third-order valence-corrected chi connectivity index (χ3v) is 3.33. The number of ether oxygens (including phenoxy) is 1. The van der Waals surface area contributed by atoms with Crippen molar-refractivity contribution in [2.45, 2.75) is 58.5 Å². The van der Waals surface area contributed by atoms with Crippen molar-refractivity contribution >= 4 is 5.82 Å². The van der Waals surface area contributed by atoms with Crippen LogP contribution < -0.4 is 10.5 Å². The predicted octanol–water partition coefficient (Wildman–Crippen LogP) is 2.78. The molecule has 1 aromatic heterocycles. The number of hydrogen-bond acceptors (Lipinski definition) is 4. The lowest BCUT2D eigenvalue weighted by atomic mass is 10.1. The molecule has 4 heteroatoms. The summed E-state index contributed by atoms with van der Waals surface area (Å²) in [6.45, 7) is 3.76. The largest absolute Gasteiger partial charge is 0.474 e. The van der Waals surface area contributed by atoms with Gasteiger partial charge in [0.05, 0.1) is 5.56 Å².